The average Bonchev–Trinajstić information content (AvgIpc) is 2.88. The van der Waals surface area contributed by atoms with Gasteiger partial charge in [0, 0.05) is 43.0 Å². The lowest BCUT2D eigenvalue weighted by molar-refractivity contribution is -0.127. The van der Waals surface area contributed by atoms with E-state index in [-0.39, 0.29) is 17.9 Å². The zero-order chi connectivity index (χ0) is 17.1. The lowest BCUT2D eigenvalue weighted by atomic mass is 9.90. The standard InChI is InChI=1S/C19H26N4O2/c24-19(15-12-20-9-11-25-13-15)22-16-3-5-17(6-4-16)23-10-7-14-2-1-8-21-18(14)23/h1-2,7-8,10,15-17,20H,3-6,9,11-13H2,(H,22,24). The number of hydrogen-bond donors (Lipinski definition) is 2. The Balaban J connectivity index is 1.33. The minimum atomic E-state index is -0.0715. The Morgan fingerprint density at radius 2 is 2.16 bits per heavy atom. The number of nitrogens with one attached hydrogen (secondary N) is 2. The maximum atomic E-state index is 12.5. The highest BCUT2D eigenvalue weighted by atomic mass is 16.5. The molecule has 1 atom stereocenters. The van der Waals surface area contributed by atoms with Crippen molar-refractivity contribution in [1.82, 2.24) is 20.2 Å². The molecule has 6 heteroatoms. The third-order valence-corrected chi connectivity index (χ3v) is 5.42. The summed E-state index contributed by atoms with van der Waals surface area (Å²) in [6, 6.07) is 6.97. The van der Waals surface area contributed by atoms with Gasteiger partial charge in [-0.15, -0.1) is 0 Å². The number of rotatable bonds is 3. The van der Waals surface area contributed by atoms with Crippen LogP contribution in [0.4, 0.5) is 0 Å². The van der Waals surface area contributed by atoms with E-state index in [1.165, 1.54) is 5.39 Å². The molecule has 25 heavy (non-hydrogen) atoms. The van der Waals surface area contributed by atoms with Gasteiger partial charge in [-0.05, 0) is 43.9 Å². The lowest BCUT2D eigenvalue weighted by Gasteiger charge is -2.31. The van der Waals surface area contributed by atoms with Crippen molar-refractivity contribution in [3.63, 3.8) is 0 Å². The third kappa shape index (κ3) is 3.70. The third-order valence-electron chi connectivity index (χ3n) is 5.42. The van der Waals surface area contributed by atoms with E-state index in [0.29, 0.717) is 25.8 Å². The van der Waals surface area contributed by atoms with Crippen molar-refractivity contribution in [3.05, 3.63) is 30.6 Å². The molecule has 0 bridgehead atoms. The maximum absolute atomic E-state index is 12.5. The summed E-state index contributed by atoms with van der Waals surface area (Å²) in [6.45, 7) is 2.75. The van der Waals surface area contributed by atoms with Crippen LogP contribution in [0.25, 0.3) is 11.0 Å². The van der Waals surface area contributed by atoms with Crippen LogP contribution in [0.2, 0.25) is 0 Å². The topological polar surface area (TPSA) is 68.2 Å². The van der Waals surface area contributed by atoms with E-state index in [9.17, 15) is 4.79 Å². The van der Waals surface area contributed by atoms with E-state index >= 15 is 0 Å². The van der Waals surface area contributed by atoms with Crippen LogP contribution in [0.15, 0.2) is 30.6 Å². The Hall–Kier alpha value is -1.92. The highest BCUT2D eigenvalue weighted by molar-refractivity contribution is 5.79. The first kappa shape index (κ1) is 16.5. The summed E-state index contributed by atoms with van der Waals surface area (Å²) in [6.07, 6.45) is 8.19. The van der Waals surface area contributed by atoms with Gasteiger partial charge in [0.25, 0.3) is 0 Å². The van der Waals surface area contributed by atoms with Gasteiger partial charge in [-0.1, -0.05) is 0 Å². The Kier molecular flexibility index (Phi) is 4.99. The fraction of sp³-hybridized carbons (Fsp3) is 0.579. The van der Waals surface area contributed by atoms with E-state index in [0.717, 1.165) is 37.9 Å². The molecular formula is C19H26N4O2. The predicted octanol–water partition coefficient (Wildman–Crippen LogP) is 1.87. The van der Waals surface area contributed by atoms with Crippen LogP contribution in [0.3, 0.4) is 0 Å². The summed E-state index contributed by atoms with van der Waals surface area (Å²) >= 11 is 0. The molecule has 1 aliphatic carbocycles. The van der Waals surface area contributed by atoms with Crippen molar-refractivity contribution >= 4 is 16.9 Å². The minimum Gasteiger partial charge on any atom is -0.379 e. The van der Waals surface area contributed by atoms with Gasteiger partial charge in [0.15, 0.2) is 0 Å². The SMILES string of the molecule is O=C(NC1CCC(n2ccc3cccnc32)CC1)C1CNCCOC1. The second-order valence-electron chi connectivity index (χ2n) is 7.13. The van der Waals surface area contributed by atoms with Crippen molar-refractivity contribution in [3.8, 4) is 0 Å². The van der Waals surface area contributed by atoms with Gasteiger partial charge in [0.2, 0.25) is 5.91 Å². The number of fused-ring (bicyclic) bond motifs is 1. The number of nitrogens with zero attached hydrogens (tertiary/aromatic N) is 2. The summed E-state index contributed by atoms with van der Waals surface area (Å²) in [5.41, 5.74) is 1.07. The summed E-state index contributed by atoms with van der Waals surface area (Å²) in [7, 11) is 0. The van der Waals surface area contributed by atoms with Crippen molar-refractivity contribution in [2.45, 2.75) is 37.8 Å². The van der Waals surface area contributed by atoms with Crippen LogP contribution >= 0.6 is 0 Å². The fourth-order valence-electron chi connectivity index (χ4n) is 3.97. The van der Waals surface area contributed by atoms with E-state index in [4.69, 9.17) is 4.74 Å². The molecule has 2 fully saturated rings. The van der Waals surface area contributed by atoms with Crippen LogP contribution in [-0.4, -0.2) is 47.8 Å². The lowest BCUT2D eigenvalue weighted by Crippen LogP contribution is -2.44. The highest BCUT2D eigenvalue weighted by Gasteiger charge is 2.27. The van der Waals surface area contributed by atoms with E-state index < -0.39 is 0 Å². The smallest absolute Gasteiger partial charge is 0.226 e. The first-order chi connectivity index (χ1) is 12.3. The average molecular weight is 342 g/mol. The zero-order valence-electron chi connectivity index (χ0n) is 14.5. The monoisotopic (exact) mass is 342 g/mol. The molecule has 2 aromatic rings. The summed E-state index contributed by atoms with van der Waals surface area (Å²) in [5.74, 6) is 0.0590. The Morgan fingerprint density at radius 3 is 3.04 bits per heavy atom. The van der Waals surface area contributed by atoms with Gasteiger partial charge < -0.3 is 19.9 Å². The van der Waals surface area contributed by atoms with Crippen LogP contribution in [0, 0.1) is 5.92 Å². The molecule has 1 saturated carbocycles. The molecule has 3 heterocycles. The summed E-state index contributed by atoms with van der Waals surface area (Å²) < 4.78 is 7.79. The number of carbonyl (C=O) groups excluding carboxylic acids is 1. The number of pyridine rings is 1. The zero-order valence-corrected chi connectivity index (χ0v) is 14.5. The second kappa shape index (κ2) is 7.54. The molecule has 0 radical (unpaired) electrons. The molecular weight excluding hydrogens is 316 g/mol. The molecule has 1 unspecified atom stereocenters. The number of carbonyl (C=O) groups is 1. The molecule has 2 aromatic heterocycles. The molecule has 1 saturated heterocycles. The molecule has 134 valence electrons. The van der Waals surface area contributed by atoms with Crippen molar-refractivity contribution in [2.75, 3.05) is 26.3 Å². The number of ether oxygens (including phenoxy) is 1. The van der Waals surface area contributed by atoms with Gasteiger partial charge in [-0.25, -0.2) is 4.98 Å². The number of hydrogen-bond acceptors (Lipinski definition) is 4. The molecule has 6 nitrogen and oxygen atoms in total. The molecule has 0 spiro atoms. The van der Waals surface area contributed by atoms with Gasteiger partial charge in [0.1, 0.15) is 5.65 Å². The largest absolute Gasteiger partial charge is 0.379 e. The Labute approximate surface area is 147 Å². The van der Waals surface area contributed by atoms with Gasteiger partial charge in [-0.2, -0.15) is 0 Å². The van der Waals surface area contributed by atoms with E-state index in [1.807, 2.05) is 12.3 Å². The van der Waals surface area contributed by atoms with Gasteiger partial charge >= 0.3 is 0 Å². The molecule has 0 aromatic carbocycles. The van der Waals surface area contributed by atoms with Gasteiger partial charge in [0.05, 0.1) is 19.1 Å². The van der Waals surface area contributed by atoms with Crippen LogP contribution < -0.4 is 10.6 Å². The first-order valence-electron chi connectivity index (χ1n) is 9.31. The quantitative estimate of drug-likeness (QED) is 0.894. The first-order valence-corrected chi connectivity index (χ1v) is 9.31. The van der Waals surface area contributed by atoms with Crippen molar-refractivity contribution < 1.29 is 9.53 Å². The minimum absolute atomic E-state index is 0.0715. The van der Waals surface area contributed by atoms with Crippen molar-refractivity contribution in [1.29, 1.82) is 0 Å². The molecule has 4 rings (SSSR count). The molecule has 2 aliphatic rings. The Bertz CT molecular complexity index is 713. The highest BCUT2D eigenvalue weighted by Crippen LogP contribution is 2.31. The van der Waals surface area contributed by atoms with E-state index in [1.54, 1.807) is 0 Å². The van der Waals surface area contributed by atoms with E-state index in [2.05, 4.69) is 38.5 Å². The van der Waals surface area contributed by atoms with Crippen LogP contribution in [0.1, 0.15) is 31.7 Å². The normalized spacial score (nSPS) is 27.8. The van der Waals surface area contributed by atoms with Gasteiger partial charge in [-0.3, -0.25) is 4.79 Å². The molecule has 2 N–H and O–H groups in total. The molecule has 1 amide bonds. The fourth-order valence-corrected chi connectivity index (χ4v) is 3.97. The number of amides is 1. The van der Waals surface area contributed by atoms with Crippen molar-refractivity contribution in [2.24, 2.45) is 5.92 Å². The Morgan fingerprint density at radius 1 is 1.28 bits per heavy atom. The number of aromatic nitrogens is 2. The van der Waals surface area contributed by atoms with Crippen LogP contribution in [0.5, 0.6) is 0 Å². The van der Waals surface area contributed by atoms with Crippen LogP contribution in [-0.2, 0) is 9.53 Å². The molecule has 1 aliphatic heterocycles. The summed E-state index contributed by atoms with van der Waals surface area (Å²) in [4.78, 5) is 17.0. The maximum Gasteiger partial charge on any atom is 0.226 e. The predicted molar refractivity (Wildman–Crippen MR) is 96.3 cm³/mol. The summed E-state index contributed by atoms with van der Waals surface area (Å²) in [5, 5.41) is 7.69. The second-order valence-corrected chi connectivity index (χ2v) is 7.13.